The van der Waals surface area contributed by atoms with Crippen LogP contribution in [0.1, 0.15) is 15.6 Å². The van der Waals surface area contributed by atoms with Gasteiger partial charge < -0.3 is 5.32 Å². The van der Waals surface area contributed by atoms with Crippen molar-refractivity contribution in [2.45, 2.75) is 19.8 Å². The molecule has 0 aromatic carbocycles. The van der Waals surface area contributed by atoms with Gasteiger partial charge in [0.05, 0.1) is 10.7 Å². The standard InChI is InChI=1S/C12H16N2S2/c1-10-14-11(9-16-10)4-6-13-7-5-12-3-2-8-15-12/h2-3,8-9,13H,4-7H2,1H3. The topological polar surface area (TPSA) is 24.9 Å². The zero-order chi connectivity index (χ0) is 11.2. The number of nitrogens with one attached hydrogen (secondary N) is 1. The van der Waals surface area contributed by atoms with Crippen LogP contribution in [0.2, 0.25) is 0 Å². The Morgan fingerprint density at radius 3 is 2.81 bits per heavy atom. The van der Waals surface area contributed by atoms with Crippen molar-refractivity contribution >= 4 is 22.7 Å². The van der Waals surface area contributed by atoms with E-state index in [1.165, 1.54) is 10.6 Å². The third-order valence-electron chi connectivity index (χ3n) is 2.35. The summed E-state index contributed by atoms with van der Waals surface area (Å²) in [5.41, 5.74) is 1.21. The normalized spacial score (nSPS) is 10.8. The van der Waals surface area contributed by atoms with Crippen LogP contribution in [-0.2, 0) is 12.8 Å². The highest BCUT2D eigenvalue weighted by Crippen LogP contribution is 2.09. The van der Waals surface area contributed by atoms with Crippen molar-refractivity contribution < 1.29 is 0 Å². The molecule has 0 bridgehead atoms. The van der Waals surface area contributed by atoms with Crippen LogP contribution in [0.4, 0.5) is 0 Å². The first-order valence-corrected chi connectivity index (χ1v) is 7.24. The minimum absolute atomic E-state index is 1.02. The molecule has 0 aliphatic rings. The Balaban J connectivity index is 1.59. The summed E-state index contributed by atoms with van der Waals surface area (Å²) in [5.74, 6) is 0. The first kappa shape index (κ1) is 11.8. The summed E-state index contributed by atoms with van der Waals surface area (Å²) in [4.78, 5) is 5.89. The quantitative estimate of drug-likeness (QED) is 0.800. The highest BCUT2D eigenvalue weighted by Gasteiger charge is 1.98. The van der Waals surface area contributed by atoms with Gasteiger partial charge in [-0.25, -0.2) is 4.98 Å². The van der Waals surface area contributed by atoms with Crippen LogP contribution in [0.3, 0.4) is 0 Å². The highest BCUT2D eigenvalue weighted by molar-refractivity contribution is 7.10. The van der Waals surface area contributed by atoms with Gasteiger partial charge in [-0.3, -0.25) is 0 Å². The molecule has 0 atom stereocenters. The third-order valence-corrected chi connectivity index (χ3v) is 4.11. The number of hydrogen-bond acceptors (Lipinski definition) is 4. The largest absolute Gasteiger partial charge is 0.316 e. The summed E-state index contributed by atoms with van der Waals surface area (Å²) in [7, 11) is 0. The molecule has 0 aliphatic carbocycles. The zero-order valence-electron chi connectivity index (χ0n) is 9.40. The predicted molar refractivity (Wildman–Crippen MR) is 71.4 cm³/mol. The van der Waals surface area contributed by atoms with Crippen LogP contribution in [-0.4, -0.2) is 18.1 Å². The molecule has 0 amide bonds. The molecule has 1 N–H and O–H groups in total. The van der Waals surface area contributed by atoms with E-state index in [9.17, 15) is 0 Å². The lowest BCUT2D eigenvalue weighted by Gasteiger charge is -2.01. The predicted octanol–water partition coefficient (Wildman–Crippen LogP) is 2.89. The molecule has 86 valence electrons. The molecule has 0 radical (unpaired) electrons. The van der Waals surface area contributed by atoms with Crippen LogP contribution in [0, 0.1) is 6.92 Å². The summed E-state index contributed by atoms with van der Waals surface area (Å²) in [6, 6.07) is 4.30. The lowest BCUT2D eigenvalue weighted by molar-refractivity contribution is 0.679. The Labute approximate surface area is 104 Å². The highest BCUT2D eigenvalue weighted by atomic mass is 32.1. The van der Waals surface area contributed by atoms with Crippen LogP contribution < -0.4 is 5.32 Å². The number of nitrogens with zero attached hydrogens (tertiary/aromatic N) is 1. The summed E-state index contributed by atoms with van der Waals surface area (Å²) >= 11 is 3.56. The lowest BCUT2D eigenvalue weighted by atomic mass is 10.3. The molecule has 0 spiro atoms. The number of aromatic nitrogens is 1. The molecule has 2 aromatic rings. The van der Waals surface area contributed by atoms with Gasteiger partial charge in [0.15, 0.2) is 0 Å². The van der Waals surface area contributed by atoms with E-state index < -0.39 is 0 Å². The molecule has 16 heavy (non-hydrogen) atoms. The van der Waals surface area contributed by atoms with E-state index in [4.69, 9.17) is 0 Å². The van der Waals surface area contributed by atoms with Gasteiger partial charge >= 0.3 is 0 Å². The number of rotatable bonds is 6. The Bertz CT molecular complexity index is 406. The van der Waals surface area contributed by atoms with E-state index in [1.807, 2.05) is 11.3 Å². The molecule has 4 heteroatoms. The van der Waals surface area contributed by atoms with Crippen LogP contribution >= 0.6 is 22.7 Å². The van der Waals surface area contributed by atoms with Crippen molar-refractivity contribution in [3.63, 3.8) is 0 Å². The van der Waals surface area contributed by atoms with Crippen molar-refractivity contribution in [3.8, 4) is 0 Å². The molecule has 0 saturated carbocycles. The maximum atomic E-state index is 4.44. The second-order valence-electron chi connectivity index (χ2n) is 3.69. The van der Waals surface area contributed by atoms with Gasteiger partial charge in [0.25, 0.3) is 0 Å². The second-order valence-corrected chi connectivity index (χ2v) is 5.78. The van der Waals surface area contributed by atoms with Crippen LogP contribution in [0.5, 0.6) is 0 Å². The van der Waals surface area contributed by atoms with Gasteiger partial charge in [0, 0.05) is 23.2 Å². The first-order chi connectivity index (χ1) is 7.84. The minimum atomic E-state index is 1.02. The molecule has 0 aliphatic heterocycles. The van der Waals surface area contributed by atoms with Gasteiger partial charge in [-0.05, 0) is 31.3 Å². The molecular weight excluding hydrogens is 236 g/mol. The van der Waals surface area contributed by atoms with Crippen molar-refractivity contribution in [1.82, 2.24) is 10.3 Å². The van der Waals surface area contributed by atoms with Crippen molar-refractivity contribution in [2.75, 3.05) is 13.1 Å². The Hall–Kier alpha value is -0.710. The molecule has 2 heterocycles. The molecule has 2 rings (SSSR count). The molecule has 0 saturated heterocycles. The van der Waals surface area contributed by atoms with Gasteiger partial charge in [-0.1, -0.05) is 6.07 Å². The number of thiazole rings is 1. The molecular formula is C12H16N2S2. The van der Waals surface area contributed by atoms with E-state index in [0.717, 1.165) is 30.9 Å². The first-order valence-electron chi connectivity index (χ1n) is 5.49. The average molecular weight is 252 g/mol. The zero-order valence-corrected chi connectivity index (χ0v) is 11.0. The number of thiophene rings is 1. The van der Waals surface area contributed by atoms with E-state index >= 15 is 0 Å². The summed E-state index contributed by atoms with van der Waals surface area (Å²) in [5, 5.41) is 8.89. The van der Waals surface area contributed by atoms with Gasteiger partial charge in [-0.15, -0.1) is 22.7 Å². The average Bonchev–Trinajstić information content (AvgIpc) is 2.89. The fourth-order valence-electron chi connectivity index (χ4n) is 1.53. The van der Waals surface area contributed by atoms with Crippen LogP contribution in [0.25, 0.3) is 0 Å². The maximum absolute atomic E-state index is 4.44. The maximum Gasteiger partial charge on any atom is 0.0897 e. The van der Waals surface area contributed by atoms with Gasteiger partial charge in [0.1, 0.15) is 0 Å². The summed E-state index contributed by atoms with van der Waals surface area (Å²) in [6.07, 6.45) is 2.17. The molecule has 0 fully saturated rings. The van der Waals surface area contributed by atoms with Gasteiger partial charge in [0.2, 0.25) is 0 Å². The summed E-state index contributed by atoms with van der Waals surface area (Å²) in [6.45, 7) is 4.14. The van der Waals surface area contributed by atoms with E-state index in [0.29, 0.717) is 0 Å². The third kappa shape index (κ3) is 3.70. The molecule has 2 aromatic heterocycles. The monoisotopic (exact) mass is 252 g/mol. The second kappa shape index (κ2) is 6.13. The van der Waals surface area contributed by atoms with Crippen molar-refractivity contribution in [3.05, 3.63) is 38.5 Å². The smallest absolute Gasteiger partial charge is 0.0897 e. The fraction of sp³-hybridized carbons (Fsp3) is 0.417. The Morgan fingerprint density at radius 1 is 1.25 bits per heavy atom. The van der Waals surface area contributed by atoms with E-state index in [-0.39, 0.29) is 0 Å². The lowest BCUT2D eigenvalue weighted by Crippen LogP contribution is -2.19. The summed E-state index contributed by atoms with van der Waals surface area (Å²) < 4.78 is 0. The SMILES string of the molecule is Cc1nc(CCNCCc2cccs2)cs1. The Morgan fingerprint density at radius 2 is 2.12 bits per heavy atom. The minimum Gasteiger partial charge on any atom is -0.316 e. The van der Waals surface area contributed by atoms with Crippen molar-refractivity contribution in [2.24, 2.45) is 0 Å². The van der Waals surface area contributed by atoms with Crippen LogP contribution in [0.15, 0.2) is 22.9 Å². The van der Waals surface area contributed by atoms with E-state index in [1.54, 1.807) is 11.3 Å². The Kier molecular flexibility index (Phi) is 4.51. The molecule has 0 unspecified atom stereocenters. The number of aryl methyl sites for hydroxylation is 1. The number of hydrogen-bond donors (Lipinski definition) is 1. The molecule has 2 nitrogen and oxygen atoms in total. The fourth-order valence-corrected chi connectivity index (χ4v) is 2.89. The van der Waals surface area contributed by atoms with Crippen molar-refractivity contribution in [1.29, 1.82) is 0 Å². The van der Waals surface area contributed by atoms with E-state index in [2.05, 4.69) is 40.1 Å². The van der Waals surface area contributed by atoms with Gasteiger partial charge in [-0.2, -0.15) is 0 Å².